The van der Waals surface area contributed by atoms with Crippen molar-refractivity contribution in [1.82, 2.24) is 9.47 Å². The number of pyridine rings is 1. The first kappa shape index (κ1) is 16.3. The minimum atomic E-state index is 0.150. The van der Waals surface area contributed by atoms with Crippen LogP contribution in [0.15, 0.2) is 53.3 Å². The average Bonchev–Trinajstić information content (AvgIpc) is 3.17. The second-order valence-electron chi connectivity index (χ2n) is 7.12. The fraction of sp³-hybridized carbons (Fsp3) is 0.409. The van der Waals surface area contributed by atoms with E-state index < -0.39 is 0 Å². The molecule has 4 rings (SSSR count). The molecule has 0 aliphatic carbocycles. The molecule has 0 unspecified atom stereocenters. The summed E-state index contributed by atoms with van der Waals surface area (Å²) in [5.41, 5.74) is 2.27. The van der Waals surface area contributed by atoms with E-state index in [0.717, 1.165) is 34.8 Å². The Balaban J connectivity index is 1.55. The summed E-state index contributed by atoms with van der Waals surface area (Å²) in [6.45, 7) is 4.79. The number of aryl methyl sites for hydroxylation is 1. The Labute approximate surface area is 148 Å². The minimum Gasteiger partial charge on any atom is -0.340 e. The van der Waals surface area contributed by atoms with E-state index in [-0.39, 0.29) is 5.43 Å². The van der Waals surface area contributed by atoms with Crippen molar-refractivity contribution in [2.24, 2.45) is 0 Å². The molecule has 2 heterocycles. The Morgan fingerprint density at radius 1 is 0.720 bits per heavy atom. The first-order chi connectivity index (χ1) is 12.3. The van der Waals surface area contributed by atoms with Crippen LogP contribution < -0.4 is 5.43 Å². The molecule has 0 spiro atoms. The van der Waals surface area contributed by atoms with Gasteiger partial charge in [0.15, 0.2) is 5.43 Å². The second kappa shape index (κ2) is 7.40. The quantitative estimate of drug-likeness (QED) is 0.492. The van der Waals surface area contributed by atoms with Crippen LogP contribution in [-0.2, 0) is 6.54 Å². The summed E-state index contributed by atoms with van der Waals surface area (Å²) in [7, 11) is 0. The number of likely N-dealkylation sites (tertiary alicyclic amines) is 1. The molecule has 25 heavy (non-hydrogen) atoms. The molecule has 0 radical (unpaired) electrons. The predicted molar refractivity (Wildman–Crippen MR) is 105 cm³/mol. The molecule has 1 aliphatic heterocycles. The molecular weight excluding hydrogens is 308 g/mol. The summed E-state index contributed by atoms with van der Waals surface area (Å²) in [6.07, 6.45) is 6.41. The van der Waals surface area contributed by atoms with Crippen molar-refractivity contribution in [3.8, 4) is 0 Å². The van der Waals surface area contributed by atoms with Crippen LogP contribution >= 0.6 is 0 Å². The van der Waals surface area contributed by atoms with Crippen LogP contribution in [-0.4, -0.2) is 29.1 Å². The number of fused-ring (bicyclic) bond motifs is 2. The molecule has 0 amide bonds. The summed E-state index contributed by atoms with van der Waals surface area (Å²) in [5.74, 6) is 0. The first-order valence-electron chi connectivity index (χ1n) is 9.57. The highest BCUT2D eigenvalue weighted by atomic mass is 16.1. The highest BCUT2D eigenvalue weighted by Gasteiger charge is 2.11. The number of hydrogen-bond donors (Lipinski definition) is 0. The van der Waals surface area contributed by atoms with E-state index in [1.807, 2.05) is 36.4 Å². The third-order valence-electron chi connectivity index (χ3n) is 5.43. The van der Waals surface area contributed by atoms with Crippen LogP contribution in [0.3, 0.4) is 0 Å². The summed E-state index contributed by atoms with van der Waals surface area (Å²) in [4.78, 5) is 15.3. The van der Waals surface area contributed by atoms with Crippen LogP contribution in [0.1, 0.15) is 32.1 Å². The Bertz CT molecular complexity index is 862. The van der Waals surface area contributed by atoms with Gasteiger partial charge in [0.1, 0.15) is 0 Å². The first-order valence-corrected chi connectivity index (χ1v) is 9.57. The van der Waals surface area contributed by atoms with Gasteiger partial charge in [0.2, 0.25) is 0 Å². The van der Waals surface area contributed by atoms with Crippen molar-refractivity contribution in [1.29, 1.82) is 0 Å². The minimum absolute atomic E-state index is 0.150. The van der Waals surface area contributed by atoms with E-state index in [0.29, 0.717) is 0 Å². The Kier molecular flexibility index (Phi) is 4.84. The normalized spacial score (nSPS) is 15.4. The van der Waals surface area contributed by atoms with E-state index in [1.165, 1.54) is 45.3 Å². The van der Waals surface area contributed by atoms with Crippen LogP contribution in [0.4, 0.5) is 0 Å². The number of nitrogens with zero attached hydrogens (tertiary/aromatic N) is 2. The van der Waals surface area contributed by atoms with Crippen LogP contribution in [0, 0.1) is 0 Å². The van der Waals surface area contributed by atoms with E-state index in [2.05, 4.69) is 21.6 Å². The fourth-order valence-electron chi connectivity index (χ4n) is 4.11. The van der Waals surface area contributed by atoms with Gasteiger partial charge in [-0.2, -0.15) is 0 Å². The van der Waals surface area contributed by atoms with Crippen molar-refractivity contribution in [2.45, 2.75) is 38.6 Å². The monoisotopic (exact) mass is 334 g/mol. The van der Waals surface area contributed by atoms with Gasteiger partial charge in [0.05, 0.1) is 11.0 Å². The summed E-state index contributed by atoms with van der Waals surface area (Å²) in [6, 6.07) is 16.0. The number of hydrogen-bond acceptors (Lipinski definition) is 2. The third-order valence-corrected chi connectivity index (χ3v) is 5.43. The van der Waals surface area contributed by atoms with Gasteiger partial charge in [-0.1, -0.05) is 30.7 Å². The lowest BCUT2D eigenvalue weighted by atomic mass is 10.1. The molecule has 2 aromatic carbocycles. The predicted octanol–water partition coefficient (Wildman–Crippen LogP) is 4.42. The lowest BCUT2D eigenvalue weighted by Gasteiger charge is -2.16. The second-order valence-corrected chi connectivity index (χ2v) is 7.12. The van der Waals surface area contributed by atoms with Crippen molar-refractivity contribution in [2.75, 3.05) is 19.6 Å². The molecule has 0 saturated carbocycles. The highest BCUT2D eigenvalue weighted by molar-refractivity contribution is 5.93. The van der Waals surface area contributed by atoms with Gasteiger partial charge in [-0.15, -0.1) is 0 Å². The summed E-state index contributed by atoms with van der Waals surface area (Å²) >= 11 is 0. The largest absolute Gasteiger partial charge is 0.340 e. The summed E-state index contributed by atoms with van der Waals surface area (Å²) in [5, 5.41) is 1.66. The van der Waals surface area contributed by atoms with Crippen LogP contribution in [0.25, 0.3) is 21.8 Å². The highest BCUT2D eigenvalue weighted by Crippen LogP contribution is 2.20. The molecular formula is C22H26N2O. The standard InChI is InChI=1S/C22H26N2O/c25-22-18-10-2-4-12-20(18)24(21-13-5-3-11-19(21)22)17-7-1-6-14-23-15-8-9-16-23/h2-5,10-13H,1,6-9,14-17H2. The molecule has 1 aromatic heterocycles. The van der Waals surface area contributed by atoms with Crippen molar-refractivity contribution >= 4 is 21.8 Å². The SMILES string of the molecule is O=c1c2ccccc2n(CCCCCN2CCCC2)c2ccccc12. The maximum Gasteiger partial charge on any atom is 0.197 e. The molecule has 3 heteroatoms. The molecule has 0 atom stereocenters. The van der Waals surface area contributed by atoms with E-state index >= 15 is 0 Å². The van der Waals surface area contributed by atoms with Gasteiger partial charge < -0.3 is 9.47 Å². The van der Waals surface area contributed by atoms with E-state index in [9.17, 15) is 4.79 Å². The zero-order valence-corrected chi connectivity index (χ0v) is 14.8. The topological polar surface area (TPSA) is 25.2 Å². The fourth-order valence-corrected chi connectivity index (χ4v) is 4.11. The Morgan fingerprint density at radius 2 is 1.28 bits per heavy atom. The van der Waals surface area contributed by atoms with E-state index in [4.69, 9.17) is 0 Å². The molecule has 1 aliphatic rings. The van der Waals surface area contributed by atoms with Gasteiger partial charge in [-0.05, 0) is 69.6 Å². The zero-order valence-electron chi connectivity index (χ0n) is 14.8. The number of para-hydroxylation sites is 2. The lowest BCUT2D eigenvalue weighted by Crippen LogP contribution is -2.20. The van der Waals surface area contributed by atoms with Gasteiger partial charge in [0, 0.05) is 17.3 Å². The number of rotatable bonds is 6. The molecule has 0 bridgehead atoms. The van der Waals surface area contributed by atoms with Crippen molar-refractivity contribution < 1.29 is 0 Å². The zero-order chi connectivity index (χ0) is 17.1. The van der Waals surface area contributed by atoms with Crippen LogP contribution in [0.5, 0.6) is 0 Å². The van der Waals surface area contributed by atoms with Gasteiger partial charge in [0.25, 0.3) is 0 Å². The number of aromatic nitrogens is 1. The Morgan fingerprint density at radius 3 is 1.92 bits per heavy atom. The molecule has 3 nitrogen and oxygen atoms in total. The number of benzene rings is 2. The summed E-state index contributed by atoms with van der Waals surface area (Å²) < 4.78 is 2.34. The lowest BCUT2D eigenvalue weighted by molar-refractivity contribution is 0.327. The third kappa shape index (κ3) is 3.34. The Hall–Kier alpha value is -2.13. The van der Waals surface area contributed by atoms with Crippen LogP contribution in [0.2, 0.25) is 0 Å². The maximum atomic E-state index is 12.7. The number of unbranched alkanes of at least 4 members (excludes halogenated alkanes) is 2. The molecule has 1 fully saturated rings. The van der Waals surface area contributed by atoms with Crippen molar-refractivity contribution in [3.63, 3.8) is 0 Å². The molecule has 130 valence electrons. The molecule has 0 N–H and O–H groups in total. The average molecular weight is 334 g/mol. The maximum absolute atomic E-state index is 12.7. The smallest absolute Gasteiger partial charge is 0.197 e. The van der Waals surface area contributed by atoms with Crippen molar-refractivity contribution in [3.05, 3.63) is 58.8 Å². The van der Waals surface area contributed by atoms with Gasteiger partial charge >= 0.3 is 0 Å². The van der Waals surface area contributed by atoms with E-state index in [1.54, 1.807) is 0 Å². The molecule has 1 saturated heterocycles. The van der Waals surface area contributed by atoms with Gasteiger partial charge in [-0.25, -0.2) is 0 Å². The van der Waals surface area contributed by atoms with Gasteiger partial charge in [-0.3, -0.25) is 4.79 Å². The molecule has 3 aromatic rings.